The highest BCUT2D eigenvalue weighted by atomic mass is 32.1. The van der Waals surface area contributed by atoms with Crippen molar-refractivity contribution in [3.05, 3.63) is 47.1 Å². The maximum atomic E-state index is 13.0. The minimum absolute atomic E-state index is 0.0849. The number of halogens is 1. The molecular formula is C20H21FN2O4S. The number of carbonyl (C=O) groups excluding carboxylic acids is 3. The topological polar surface area (TPSA) is 84.5 Å². The van der Waals surface area contributed by atoms with E-state index in [-0.39, 0.29) is 11.9 Å². The molecule has 148 valence electrons. The second-order valence-electron chi connectivity index (χ2n) is 6.66. The Labute approximate surface area is 166 Å². The lowest BCUT2D eigenvalue weighted by Gasteiger charge is -2.15. The number of nitrogens with one attached hydrogen (secondary N) is 2. The number of esters is 1. The molecule has 2 N–H and O–H groups in total. The van der Waals surface area contributed by atoms with Crippen LogP contribution >= 0.6 is 11.3 Å². The Morgan fingerprint density at radius 1 is 1.11 bits per heavy atom. The van der Waals surface area contributed by atoms with Gasteiger partial charge >= 0.3 is 12.0 Å². The van der Waals surface area contributed by atoms with Crippen molar-refractivity contribution < 1.29 is 23.5 Å². The molecule has 1 atom stereocenters. The van der Waals surface area contributed by atoms with Gasteiger partial charge in [0, 0.05) is 10.9 Å². The van der Waals surface area contributed by atoms with Crippen molar-refractivity contribution in [1.82, 2.24) is 10.6 Å². The van der Waals surface area contributed by atoms with Crippen molar-refractivity contribution in [2.45, 2.75) is 44.8 Å². The van der Waals surface area contributed by atoms with E-state index in [1.54, 1.807) is 24.3 Å². The fourth-order valence-corrected chi connectivity index (χ4v) is 3.89. The van der Waals surface area contributed by atoms with E-state index in [0.29, 0.717) is 4.88 Å². The van der Waals surface area contributed by atoms with Gasteiger partial charge in [0.2, 0.25) is 0 Å². The second-order valence-corrected chi connectivity index (χ2v) is 7.75. The third-order valence-corrected chi connectivity index (χ3v) is 5.63. The molecule has 1 saturated carbocycles. The van der Waals surface area contributed by atoms with Crippen LogP contribution in [0.5, 0.6) is 0 Å². The van der Waals surface area contributed by atoms with Gasteiger partial charge in [0.1, 0.15) is 10.7 Å². The van der Waals surface area contributed by atoms with Gasteiger partial charge in [0.15, 0.2) is 6.10 Å². The van der Waals surface area contributed by atoms with E-state index < -0.39 is 24.0 Å². The molecule has 0 spiro atoms. The number of imide groups is 1. The molecule has 1 fully saturated rings. The van der Waals surface area contributed by atoms with Crippen molar-refractivity contribution in [2.75, 3.05) is 0 Å². The number of thiophene rings is 1. The summed E-state index contributed by atoms with van der Waals surface area (Å²) in [6, 6.07) is 8.75. The van der Waals surface area contributed by atoms with Crippen LogP contribution in [-0.2, 0) is 9.53 Å². The Hall–Kier alpha value is -2.74. The van der Waals surface area contributed by atoms with Gasteiger partial charge in [-0.3, -0.25) is 10.1 Å². The molecule has 0 bridgehead atoms. The molecule has 1 aliphatic carbocycles. The van der Waals surface area contributed by atoms with Crippen molar-refractivity contribution in [2.24, 2.45) is 0 Å². The van der Waals surface area contributed by atoms with Crippen molar-refractivity contribution >= 4 is 29.2 Å². The molecule has 3 rings (SSSR count). The van der Waals surface area contributed by atoms with Crippen molar-refractivity contribution in [1.29, 1.82) is 0 Å². The van der Waals surface area contributed by atoms with Crippen LogP contribution in [0.2, 0.25) is 0 Å². The summed E-state index contributed by atoms with van der Waals surface area (Å²) in [5.74, 6) is -1.67. The average molecular weight is 404 g/mol. The zero-order chi connectivity index (χ0) is 20.1. The highest BCUT2D eigenvalue weighted by Crippen LogP contribution is 2.28. The van der Waals surface area contributed by atoms with Crippen LogP contribution in [0.4, 0.5) is 9.18 Å². The molecule has 1 heterocycles. The first-order valence-corrected chi connectivity index (χ1v) is 9.92. The van der Waals surface area contributed by atoms with Crippen LogP contribution in [-0.4, -0.2) is 30.1 Å². The SMILES string of the molecule is C[C@@H](OC(=O)c1ccc(-c2ccc(F)cc2)s1)C(=O)NC(=O)NC1CCCC1. The summed E-state index contributed by atoms with van der Waals surface area (Å²) in [5.41, 5.74) is 0.778. The molecule has 28 heavy (non-hydrogen) atoms. The largest absolute Gasteiger partial charge is 0.448 e. The molecule has 6 nitrogen and oxygen atoms in total. The summed E-state index contributed by atoms with van der Waals surface area (Å²) in [4.78, 5) is 37.3. The van der Waals surface area contributed by atoms with Gasteiger partial charge in [-0.1, -0.05) is 25.0 Å². The molecule has 3 amide bonds. The van der Waals surface area contributed by atoms with Crippen LogP contribution in [0.1, 0.15) is 42.3 Å². The molecule has 0 aliphatic heterocycles. The quantitative estimate of drug-likeness (QED) is 0.741. The van der Waals surface area contributed by atoms with Gasteiger partial charge in [-0.15, -0.1) is 11.3 Å². The first-order chi connectivity index (χ1) is 13.4. The maximum Gasteiger partial charge on any atom is 0.349 e. The van der Waals surface area contributed by atoms with Crippen LogP contribution < -0.4 is 10.6 Å². The Morgan fingerprint density at radius 3 is 2.46 bits per heavy atom. The number of hydrogen-bond acceptors (Lipinski definition) is 5. The van der Waals surface area contributed by atoms with Gasteiger partial charge in [-0.2, -0.15) is 0 Å². The van der Waals surface area contributed by atoms with Crippen LogP contribution in [0.25, 0.3) is 10.4 Å². The van der Waals surface area contributed by atoms with E-state index in [0.717, 1.165) is 36.1 Å². The first-order valence-electron chi connectivity index (χ1n) is 9.10. The van der Waals surface area contributed by atoms with Gasteiger partial charge < -0.3 is 10.1 Å². The van der Waals surface area contributed by atoms with Gasteiger partial charge in [0.05, 0.1) is 0 Å². The average Bonchev–Trinajstić information content (AvgIpc) is 3.34. The Bertz CT molecular complexity index is 859. The fourth-order valence-electron chi connectivity index (χ4n) is 2.99. The Kier molecular flexibility index (Phi) is 6.41. The van der Waals surface area contributed by atoms with E-state index in [1.165, 1.54) is 30.4 Å². The van der Waals surface area contributed by atoms with E-state index in [1.807, 2.05) is 0 Å². The fraction of sp³-hybridized carbons (Fsp3) is 0.350. The zero-order valence-electron chi connectivity index (χ0n) is 15.4. The zero-order valence-corrected chi connectivity index (χ0v) is 16.2. The van der Waals surface area contributed by atoms with E-state index >= 15 is 0 Å². The molecule has 1 aliphatic rings. The third-order valence-electron chi connectivity index (χ3n) is 4.52. The monoisotopic (exact) mass is 404 g/mol. The standard InChI is InChI=1S/C20H21FN2O4S/c1-12(18(24)23-20(26)22-15-4-2-3-5-15)27-19(25)17-11-10-16(28-17)13-6-8-14(21)9-7-13/h6-12,15H,2-5H2,1H3,(H2,22,23,24,26)/t12-/m1/s1. The van der Waals surface area contributed by atoms with E-state index in [2.05, 4.69) is 10.6 Å². The minimum Gasteiger partial charge on any atom is -0.448 e. The number of amides is 3. The maximum absolute atomic E-state index is 13.0. The van der Waals surface area contributed by atoms with Gasteiger partial charge in [-0.05, 0) is 49.6 Å². The van der Waals surface area contributed by atoms with E-state index in [9.17, 15) is 18.8 Å². The summed E-state index contributed by atoms with van der Waals surface area (Å²) >= 11 is 1.18. The molecule has 1 aromatic heterocycles. The molecule has 8 heteroatoms. The normalized spacial score (nSPS) is 15.1. The van der Waals surface area contributed by atoms with Gasteiger partial charge in [0.25, 0.3) is 5.91 Å². The summed E-state index contributed by atoms with van der Waals surface area (Å²) in [5, 5.41) is 4.94. The Balaban J connectivity index is 1.52. The summed E-state index contributed by atoms with van der Waals surface area (Å²) in [6.07, 6.45) is 2.82. The number of ether oxygens (including phenoxy) is 1. The van der Waals surface area contributed by atoms with Gasteiger partial charge in [-0.25, -0.2) is 14.0 Å². The molecule has 0 radical (unpaired) electrons. The Morgan fingerprint density at radius 2 is 1.79 bits per heavy atom. The summed E-state index contributed by atoms with van der Waals surface area (Å²) in [7, 11) is 0. The molecule has 1 aromatic carbocycles. The number of urea groups is 1. The molecular weight excluding hydrogens is 383 g/mol. The van der Waals surface area contributed by atoms with Crippen LogP contribution in [0, 0.1) is 5.82 Å². The lowest BCUT2D eigenvalue weighted by Crippen LogP contribution is -2.47. The van der Waals surface area contributed by atoms with Crippen LogP contribution in [0.3, 0.4) is 0 Å². The number of hydrogen-bond donors (Lipinski definition) is 2. The highest BCUT2D eigenvalue weighted by molar-refractivity contribution is 7.17. The molecule has 2 aromatic rings. The lowest BCUT2D eigenvalue weighted by atomic mass is 10.2. The highest BCUT2D eigenvalue weighted by Gasteiger charge is 2.23. The first kappa shape index (κ1) is 20.0. The number of benzene rings is 1. The van der Waals surface area contributed by atoms with E-state index in [4.69, 9.17) is 4.74 Å². The van der Waals surface area contributed by atoms with Crippen molar-refractivity contribution in [3.63, 3.8) is 0 Å². The molecule has 0 unspecified atom stereocenters. The number of carbonyl (C=O) groups is 3. The van der Waals surface area contributed by atoms with Crippen molar-refractivity contribution in [3.8, 4) is 10.4 Å². The predicted molar refractivity (Wildman–Crippen MR) is 104 cm³/mol. The lowest BCUT2D eigenvalue weighted by molar-refractivity contribution is -0.127. The molecule has 0 saturated heterocycles. The smallest absolute Gasteiger partial charge is 0.349 e. The summed E-state index contributed by atoms with van der Waals surface area (Å²) < 4.78 is 18.2. The number of rotatable bonds is 5. The predicted octanol–water partition coefficient (Wildman–Crippen LogP) is 3.87. The van der Waals surface area contributed by atoms with Crippen LogP contribution in [0.15, 0.2) is 36.4 Å². The third kappa shape index (κ3) is 5.16. The second kappa shape index (κ2) is 8.97. The minimum atomic E-state index is -1.11. The summed E-state index contributed by atoms with van der Waals surface area (Å²) in [6.45, 7) is 1.41.